The molecule has 1 aliphatic rings. The molecule has 1 saturated heterocycles. The number of anilines is 1. The highest BCUT2D eigenvalue weighted by atomic mass is 19.1. The number of piperidine rings is 1. The quantitative estimate of drug-likeness (QED) is 0.748. The summed E-state index contributed by atoms with van der Waals surface area (Å²) in [6.45, 7) is 2.96. The summed E-state index contributed by atoms with van der Waals surface area (Å²) in [6, 6.07) is 11.8. The zero-order valence-electron chi connectivity index (χ0n) is 14.5. The molecule has 4 rings (SSSR count). The number of nitrogens with zero attached hydrogens (tertiary/aromatic N) is 1. The van der Waals surface area contributed by atoms with Crippen LogP contribution in [0.15, 0.2) is 46.9 Å². The summed E-state index contributed by atoms with van der Waals surface area (Å²) >= 11 is 0. The molecular formula is C20H20FN3O2. The van der Waals surface area contributed by atoms with E-state index in [2.05, 4.69) is 22.5 Å². The highest BCUT2D eigenvalue weighted by Crippen LogP contribution is 2.27. The van der Waals surface area contributed by atoms with Crippen molar-refractivity contribution in [2.75, 3.05) is 11.9 Å². The molecule has 2 atom stereocenters. The third-order valence-electron chi connectivity index (χ3n) is 4.74. The van der Waals surface area contributed by atoms with Crippen molar-refractivity contribution in [3.05, 3.63) is 48.3 Å². The van der Waals surface area contributed by atoms with Crippen LogP contribution in [0.25, 0.3) is 22.6 Å². The van der Waals surface area contributed by atoms with Crippen LogP contribution in [0.1, 0.15) is 19.8 Å². The van der Waals surface area contributed by atoms with Crippen molar-refractivity contribution in [3.63, 3.8) is 0 Å². The molecule has 1 aromatic heterocycles. The summed E-state index contributed by atoms with van der Waals surface area (Å²) in [4.78, 5) is 16.9. The lowest BCUT2D eigenvalue weighted by Gasteiger charge is -2.27. The Labute approximate surface area is 150 Å². The van der Waals surface area contributed by atoms with E-state index in [1.165, 1.54) is 12.1 Å². The maximum Gasteiger partial charge on any atom is 0.227 e. The summed E-state index contributed by atoms with van der Waals surface area (Å²) < 4.78 is 18.8. The fourth-order valence-electron chi connectivity index (χ4n) is 3.33. The minimum absolute atomic E-state index is 0.0199. The topological polar surface area (TPSA) is 67.2 Å². The Morgan fingerprint density at radius 2 is 2.08 bits per heavy atom. The first-order valence-corrected chi connectivity index (χ1v) is 8.79. The smallest absolute Gasteiger partial charge is 0.227 e. The molecule has 3 aromatic rings. The summed E-state index contributed by atoms with van der Waals surface area (Å²) in [5.74, 6) is 0.181. The van der Waals surface area contributed by atoms with E-state index >= 15 is 0 Å². The number of halogens is 1. The van der Waals surface area contributed by atoms with Crippen LogP contribution in [0.2, 0.25) is 0 Å². The molecule has 5 nitrogen and oxygen atoms in total. The second kappa shape index (κ2) is 6.88. The Bertz CT molecular complexity index is 936. The molecule has 1 amide bonds. The van der Waals surface area contributed by atoms with Gasteiger partial charge in [-0.25, -0.2) is 9.37 Å². The molecule has 1 fully saturated rings. The number of fused-ring (bicyclic) bond motifs is 1. The van der Waals surface area contributed by atoms with Crippen LogP contribution in [0, 0.1) is 11.7 Å². The number of benzene rings is 2. The maximum absolute atomic E-state index is 13.1. The van der Waals surface area contributed by atoms with E-state index in [0.717, 1.165) is 19.4 Å². The molecule has 0 saturated carbocycles. The monoisotopic (exact) mass is 353 g/mol. The zero-order valence-corrected chi connectivity index (χ0v) is 14.5. The van der Waals surface area contributed by atoms with Gasteiger partial charge < -0.3 is 15.1 Å². The van der Waals surface area contributed by atoms with E-state index in [1.807, 2.05) is 12.1 Å². The molecule has 2 aromatic carbocycles. The van der Waals surface area contributed by atoms with Crippen LogP contribution in [0.5, 0.6) is 0 Å². The van der Waals surface area contributed by atoms with Crippen molar-refractivity contribution in [1.82, 2.24) is 10.3 Å². The number of carbonyl (C=O) groups is 1. The molecular weight excluding hydrogens is 333 g/mol. The molecule has 0 unspecified atom stereocenters. The first-order valence-electron chi connectivity index (χ1n) is 8.79. The maximum atomic E-state index is 13.1. The van der Waals surface area contributed by atoms with Gasteiger partial charge in [-0.1, -0.05) is 0 Å². The Balaban J connectivity index is 1.54. The normalized spacial score (nSPS) is 20.2. The first kappa shape index (κ1) is 16.7. The van der Waals surface area contributed by atoms with Crippen molar-refractivity contribution in [3.8, 4) is 11.5 Å². The SMILES string of the molecule is C[C@H]1C[C@@H](C(=O)Nc2ccc3nc(-c4ccc(F)cc4)oc3c2)CCN1. The summed E-state index contributed by atoms with van der Waals surface area (Å²) in [6.07, 6.45) is 1.68. The Hall–Kier alpha value is -2.73. The minimum atomic E-state index is -0.304. The van der Waals surface area contributed by atoms with Crippen molar-refractivity contribution < 1.29 is 13.6 Å². The second-order valence-corrected chi connectivity index (χ2v) is 6.77. The van der Waals surface area contributed by atoms with Crippen LogP contribution in [0.4, 0.5) is 10.1 Å². The van der Waals surface area contributed by atoms with Crippen molar-refractivity contribution in [1.29, 1.82) is 0 Å². The highest BCUT2D eigenvalue weighted by molar-refractivity contribution is 5.94. The van der Waals surface area contributed by atoms with Crippen LogP contribution in [-0.4, -0.2) is 23.5 Å². The number of nitrogens with one attached hydrogen (secondary N) is 2. The third-order valence-corrected chi connectivity index (χ3v) is 4.74. The molecule has 26 heavy (non-hydrogen) atoms. The molecule has 0 aliphatic carbocycles. The van der Waals surface area contributed by atoms with E-state index < -0.39 is 0 Å². The van der Waals surface area contributed by atoms with Gasteiger partial charge in [-0.2, -0.15) is 0 Å². The van der Waals surface area contributed by atoms with Crippen LogP contribution >= 0.6 is 0 Å². The molecule has 1 aliphatic heterocycles. The van der Waals surface area contributed by atoms with E-state index in [4.69, 9.17) is 4.42 Å². The van der Waals surface area contributed by atoms with E-state index in [-0.39, 0.29) is 17.6 Å². The predicted octanol–water partition coefficient (Wildman–Crippen LogP) is 3.96. The van der Waals surface area contributed by atoms with Gasteiger partial charge in [-0.3, -0.25) is 4.79 Å². The zero-order chi connectivity index (χ0) is 18.1. The fraction of sp³-hybridized carbons (Fsp3) is 0.300. The van der Waals surface area contributed by atoms with E-state index in [9.17, 15) is 9.18 Å². The minimum Gasteiger partial charge on any atom is -0.436 e. The average molecular weight is 353 g/mol. The number of hydrogen-bond acceptors (Lipinski definition) is 4. The Morgan fingerprint density at radius 3 is 2.85 bits per heavy atom. The number of hydrogen-bond donors (Lipinski definition) is 2. The molecule has 0 spiro atoms. The molecule has 0 radical (unpaired) electrons. The predicted molar refractivity (Wildman–Crippen MR) is 98.2 cm³/mol. The number of amides is 1. The number of oxazole rings is 1. The van der Waals surface area contributed by atoms with Crippen molar-refractivity contribution in [2.45, 2.75) is 25.8 Å². The van der Waals surface area contributed by atoms with Gasteiger partial charge in [-0.15, -0.1) is 0 Å². The third kappa shape index (κ3) is 3.46. The van der Waals surface area contributed by atoms with Crippen molar-refractivity contribution >= 4 is 22.7 Å². The number of rotatable bonds is 3. The fourth-order valence-corrected chi connectivity index (χ4v) is 3.33. The largest absolute Gasteiger partial charge is 0.436 e. The van der Waals surface area contributed by atoms with E-state index in [0.29, 0.717) is 34.3 Å². The molecule has 0 bridgehead atoms. The average Bonchev–Trinajstić information content (AvgIpc) is 3.05. The Morgan fingerprint density at radius 1 is 1.27 bits per heavy atom. The van der Waals surface area contributed by atoms with Gasteiger partial charge in [0.15, 0.2) is 5.58 Å². The van der Waals surface area contributed by atoms with Gasteiger partial charge in [-0.05, 0) is 62.7 Å². The van der Waals surface area contributed by atoms with Gasteiger partial charge in [0.2, 0.25) is 11.8 Å². The van der Waals surface area contributed by atoms with Crippen LogP contribution in [-0.2, 0) is 4.79 Å². The molecule has 2 N–H and O–H groups in total. The van der Waals surface area contributed by atoms with Gasteiger partial charge >= 0.3 is 0 Å². The summed E-state index contributed by atoms with van der Waals surface area (Å²) in [5, 5.41) is 6.33. The first-order chi connectivity index (χ1) is 12.6. The lowest BCUT2D eigenvalue weighted by atomic mass is 9.92. The number of aromatic nitrogens is 1. The van der Waals surface area contributed by atoms with Crippen LogP contribution in [0.3, 0.4) is 0 Å². The lowest BCUT2D eigenvalue weighted by Crippen LogP contribution is -2.40. The second-order valence-electron chi connectivity index (χ2n) is 6.77. The van der Waals surface area contributed by atoms with Crippen LogP contribution < -0.4 is 10.6 Å². The molecule has 134 valence electrons. The van der Waals surface area contributed by atoms with E-state index in [1.54, 1.807) is 18.2 Å². The van der Waals surface area contributed by atoms with Gasteiger partial charge in [0.05, 0.1) is 0 Å². The standard InChI is InChI=1S/C20H20FN3O2/c1-12-10-14(8-9-22-12)19(25)23-16-6-7-17-18(11-16)26-20(24-17)13-2-4-15(21)5-3-13/h2-7,11-12,14,22H,8-10H2,1H3,(H,23,25)/t12-,14-/m0/s1. The summed E-state index contributed by atoms with van der Waals surface area (Å²) in [5.41, 5.74) is 2.67. The number of carbonyl (C=O) groups excluding carboxylic acids is 1. The van der Waals surface area contributed by atoms with Gasteiger partial charge in [0.25, 0.3) is 0 Å². The summed E-state index contributed by atoms with van der Waals surface area (Å²) in [7, 11) is 0. The molecule has 2 heterocycles. The van der Waals surface area contributed by atoms with Gasteiger partial charge in [0, 0.05) is 29.3 Å². The Kier molecular flexibility index (Phi) is 4.42. The lowest BCUT2D eigenvalue weighted by molar-refractivity contribution is -0.120. The van der Waals surface area contributed by atoms with Gasteiger partial charge in [0.1, 0.15) is 11.3 Å². The molecule has 6 heteroatoms. The van der Waals surface area contributed by atoms with Crippen molar-refractivity contribution in [2.24, 2.45) is 5.92 Å². The highest BCUT2D eigenvalue weighted by Gasteiger charge is 2.24.